The lowest BCUT2D eigenvalue weighted by Gasteiger charge is -2.05. The zero-order chi connectivity index (χ0) is 8.74. The van der Waals surface area contributed by atoms with E-state index in [0.717, 1.165) is 0 Å². The molecule has 0 aromatic heterocycles. The van der Waals surface area contributed by atoms with Gasteiger partial charge in [0.05, 0.1) is 6.16 Å². The number of allylic oxidation sites excluding steroid dienone is 1. The van der Waals surface area contributed by atoms with E-state index in [1.54, 1.807) is 6.92 Å². The van der Waals surface area contributed by atoms with Crippen LogP contribution in [0.5, 0.6) is 0 Å². The fourth-order valence-electron chi connectivity index (χ4n) is 0.421. The Morgan fingerprint density at radius 1 is 1.82 bits per heavy atom. The van der Waals surface area contributed by atoms with E-state index in [1.807, 2.05) is 0 Å². The van der Waals surface area contributed by atoms with Crippen LogP contribution >= 0.6 is 7.60 Å². The molecule has 0 amide bonds. The summed E-state index contributed by atoms with van der Waals surface area (Å²) in [6.45, 7) is 4.96. The van der Waals surface area contributed by atoms with Crippen molar-refractivity contribution in [2.45, 2.75) is 6.92 Å². The van der Waals surface area contributed by atoms with E-state index in [-0.39, 0.29) is 12.8 Å². The summed E-state index contributed by atoms with van der Waals surface area (Å²) in [7, 11) is -3.44. The van der Waals surface area contributed by atoms with Crippen LogP contribution in [0.1, 0.15) is 6.92 Å². The summed E-state index contributed by atoms with van der Waals surface area (Å²) in [5, 5.41) is 0. The van der Waals surface area contributed by atoms with Crippen LogP contribution in [0.3, 0.4) is 0 Å². The molecule has 0 aromatic rings. The summed E-state index contributed by atoms with van der Waals surface area (Å²) in [4.78, 5) is 8.94. The third-order valence-electron chi connectivity index (χ3n) is 0.875. The van der Waals surface area contributed by atoms with Gasteiger partial charge in [0.25, 0.3) is 0 Å². The van der Waals surface area contributed by atoms with Crippen molar-refractivity contribution >= 4 is 7.60 Å². The maximum Gasteiger partial charge on any atom is 0.332 e. The van der Waals surface area contributed by atoms with Crippen molar-refractivity contribution < 1.29 is 14.0 Å². The maximum atomic E-state index is 10.9. The second-order valence-electron chi connectivity index (χ2n) is 1.81. The predicted molar refractivity (Wildman–Crippen MR) is 44.3 cm³/mol. The summed E-state index contributed by atoms with van der Waals surface area (Å²) >= 11 is 0. The third-order valence-corrected chi connectivity index (χ3v) is 2.13. The SMILES string of the molecule is C=CCP(=O)(O)OCC#CC. The van der Waals surface area contributed by atoms with Crippen molar-refractivity contribution in [3.8, 4) is 11.8 Å². The van der Waals surface area contributed by atoms with Gasteiger partial charge >= 0.3 is 7.60 Å². The molecule has 0 aliphatic rings. The lowest BCUT2D eigenvalue weighted by atomic mass is 10.6. The van der Waals surface area contributed by atoms with E-state index in [1.165, 1.54) is 6.08 Å². The normalized spacial score (nSPS) is 14.4. The minimum atomic E-state index is -3.44. The van der Waals surface area contributed by atoms with E-state index in [9.17, 15) is 4.57 Å². The molecule has 0 saturated carbocycles. The van der Waals surface area contributed by atoms with Crippen molar-refractivity contribution in [1.29, 1.82) is 0 Å². The highest BCUT2D eigenvalue weighted by atomic mass is 31.2. The molecule has 3 nitrogen and oxygen atoms in total. The van der Waals surface area contributed by atoms with Gasteiger partial charge in [0.1, 0.15) is 6.61 Å². The molecule has 11 heavy (non-hydrogen) atoms. The molecule has 0 radical (unpaired) electrons. The highest BCUT2D eigenvalue weighted by Crippen LogP contribution is 2.41. The zero-order valence-electron chi connectivity index (χ0n) is 6.41. The fourth-order valence-corrected chi connectivity index (χ4v) is 1.12. The summed E-state index contributed by atoms with van der Waals surface area (Å²) in [5.74, 6) is 5.07. The lowest BCUT2D eigenvalue weighted by molar-refractivity contribution is 0.294. The Balaban J connectivity index is 3.78. The van der Waals surface area contributed by atoms with Gasteiger partial charge in [0, 0.05) is 0 Å². The molecule has 4 heteroatoms. The smallest absolute Gasteiger partial charge is 0.324 e. The van der Waals surface area contributed by atoms with E-state index < -0.39 is 7.60 Å². The first-order valence-corrected chi connectivity index (χ1v) is 4.85. The van der Waals surface area contributed by atoms with Crippen LogP contribution in [0, 0.1) is 11.8 Å². The molecule has 1 unspecified atom stereocenters. The predicted octanol–water partition coefficient (Wildman–Crippen LogP) is 1.40. The first-order chi connectivity index (χ1) is 5.12. The Hall–Kier alpha value is -0.550. The molecule has 62 valence electrons. The molecule has 0 saturated heterocycles. The van der Waals surface area contributed by atoms with Crippen molar-refractivity contribution in [3.63, 3.8) is 0 Å². The van der Waals surface area contributed by atoms with Gasteiger partial charge in [-0.25, -0.2) is 0 Å². The summed E-state index contributed by atoms with van der Waals surface area (Å²) in [6, 6.07) is 0. The van der Waals surface area contributed by atoms with Gasteiger partial charge in [0.2, 0.25) is 0 Å². The first kappa shape index (κ1) is 10.4. The molecule has 1 N–H and O–H groups in total. The molecular weight excluding hydrogens is 163 g/mol. The minimum absolute atomic E-state index is 0.00187. The lowest BCUT2D eigenvalue weighted by Crippen LogP contribution is -1.92. The Labute approximate surface area is 66.6 Å². The molecule has 0 bridgehead atoms. The van der Waals surface area contributed by atoms with Gasteiger partial charge in [-0.3, -0.25) is 9.09 Å². The molecule has 1 atom stereocenters. The van der Waals surface area contributed by atoms with Crippen molar-refractivity contribution in [2.24, 2.45) is 0 Å². The van der Waals surface area contributed by atoms with Gasteiger partial charge in [-0.1, -0.05) is 12.0 Å². The average Bonchev–Trinajstić information content (AvgIpc) is 1.87. The van der Waals surface area contributed by atoms with E-state index in [2.05, 4.69) is 22.9 Å². The largest absolute Gasteiger partial charge is 0.332 e. The van der Waals surface area contributed by atoms with Gasteiger partial charge < -0.3 is 4.89 Å². The van der Waals surface area contributed by atoms with Crippen LogP contribution in [0.15, 0.2) is 12.7 Å². The van der Waals surface area contributed by atoms with Gasteiger partial charge in [-0.15, -0.1) is 12.5 Å². The number of hydrogen-bond donors (Lipinski definition) is 1. The highest BCUT2D eigenvalue weighted by Gasteiger charge is 2.15. The average molecular weight is 174 g/mol. The van der Waals surface area contributed by atoms with Crippen LogP contribution < -0.4 is 0 Å². The monoisotopic (exact) mass is 174 g/mol. The maximum absolute atomic E-state index is 10.9. The Bertz CT molecular complexity index is 224. The van der Waals surface area contributed by atoms with Crippen LogP contribution in [-0.4, -0.2) is 17.7 Å². The van der Waals surface area contributed by atoms with Crippen molar-refractivity contribution in [2.75, 3.05) is 12.8 Å². The van der Waals surface area contributed by atoms with Crippen molar-refractivity contribution in [1.82, 2.24) is 0 Å². The van der Waals surface area contributed by atoms with Crippen LogP contribution in [0.2, 0.25) is 0 Å². The molecule has 0 aliphatic heterocycles. The topological polar surface area (TPSA) is 46.5 Å². The minimum Gasteiger partial charge on any atom is -0.324 e. The van der Waals surface area contributed by atoms with Gasteiger partial charge in [-0.2, -0.15) is 0 Å². The Morgan fingerprint density at radius 3 is 2.91 bits per heavy atom. The molecular formula is C7H11O3P. The van der Waals surface area contributed by atoms with E-state index in [0.29, 0.717) is 0 Å². The van der Waals surface area contributed by atoms with E-state index in [4.69, 9.17) is 4.89 Å². The number of hydrogen-bond acceptors (Lipinski definition) is 2. The Morgan fingerprint density at radius 2 is 2.45 bits per heavy atom. The van der Waals surface area contributed by atoms with Gasteiger partial charge in [-0.05, 0) is 6.92 Å². The summed E-state index contributed by atoms with van der Waals surface area (Å²) in [5.41, 5.74) is 0. The second kappa shape index (κ2) is 5.15. The zero-order valence-corrected chi connectivity index (χ0v) is 7.30. The third kappa shape index (κ3) is 5.87. The molecule has 0 heterocycles. The van der Waals surface area contributed by atoms with Crippen LogP contribution in [0.25, 0.3) is 0 Å². The summed E-state index contributed by atoms with van der Waals surface area (Å²) in [6.07, 6.45) is 1.32. The molecule has 0 spiro atoms. The van der Waals surface area contributed by atoms with Crippen LogP contribution in [-0.2, 0) is 9.09 Å². The molecule has 0 rings (SSSR count). The van der Waals surface area contributed by atoms with Gasteiger partial charge in [0.15, 0.2) is 0 Å². The Kier molecular flexibility index (Phi) is 4.89. The van der Waals surface area contributed by atoms with Crippen molar-refractivity contribution in [3.05, 3.63) is 12.7 Å². The second-order valence-corrected chi connectivity index (χ2v) is 3.71. The quantitative estimate of drug-likeness (QED) is 0.398. The standard InChI is InChI=1S/C7H11O3P/c1-3-5-6-10-11(8,9)7-4-2/h4H,2,6-7H2,1H3,(H,8,9). The van der Waals surface area contributed by atoms with E-state index >= 15 is 0 Å². The molecule has 0 aliphatic carbocycles. The summed E-state index contributed by atoms with van der Waals surface area (Å²) < 4.78 is 15.5. The fraction of sp³-hybridized carbons (Fsp3) is 0.429. The highest BCUT2D eigenvalue weighted by molar-refractivity contribution is 7.53. The van der Waals surface area contributed by atoms with Crippen LogP contribution in [0.4, 0.5) is 0 Å². The first-order valence-electron chi connectivity index (χ1n) is 3.09. The molecule has 0 fully saturated rings. The molecule has 0 aromatic carbocycles. The number of rotatable bonds is 4.